The summed E-state index contributed by atoms with van der Waals surface area (Å²) in [7, 11) is 0. The number of alkyl halides is 1. The largest absolute Gasteiger partial charge is 0.494 e. The van der Waals surface area contributed by atoms with Crippen molar-refractivity contribution < 1.29 is 4.74 Å². The molecule has 2 aromatic rings. The fraction of sp³-hybridized carbons (Fsp3) is 0.200. The first-order valence-electron chi connectivity index (χ1n) is 5.93. The predicted molar refractivity (Wildman–Crippen MR) is 84.5 cm³/mol. The molecule has 0 spiro atoms. The van der Waals surface area contributed by atoms with Gasteiger partial charge in [-0.1, -0.05) is 45.7 Å². The van der Waals surface area contributed by atoms with Gasteiger partial charge >= 0.3 is 0 Å². The molecular weight excluding hydrogens is 347 g/mol. The molecule has 0 aliphatic carbocycles. The highest BCUT2D eigenvalue weighted by Gasteiger charge is 2.14. The lowest BCUT2D eigenvalue weighted by Gasteiger charge is -2.13. The zero-order valence-corrected chi connectivity index (χ0v) is 13.5. The molecule has 0 aromatic heterocycles. The number of hydrogen-bond acceptors (Lipinski definition) is 1. The summed E-state index contributed by atoms with van der Waals surface area (Å²) in [5.41, 5.74) is 1.89. The maximum Gasteiger partial charge on any atom is 0.119 e. The lowest BCUT2D eigenvalue weighted by atomic mass is 10.0. The van der Waals surface area contributed by atoms with E-state index in [1.54, 1.807) is 0 Å². The molecule has 0 heterocycles. The molecule has 0 saturated carbocycles. The van der Waals surface area contributed by atoms with E-state index in [1.165, 1.54) is 0 Å². The standard InChI is InChI=1S/C15H13BrCl2O/c1-2-19-12-6-3-10(4-7-12)15(18)13-8-5-11(16)9-14(13)17/h3-9,15H,2H2,1H3. The molecule has 2 rings (SSSR count). The molecule has 0 saturated heterocycles. The number of benzene rings is 2. The summed E-state index contributed by atoms with van der Waals surface area (Å²) in [6.45, 7) is 2.61. The molecule has 1 nitrogen and oxygen atoms in total. The van der Waals surface area contributed by atoms with Crippen LogP contribution in [0.5, 0.6) is 5.75 Å². The Balaban J connectivity index is 2.25. The van der Waals surface area contributed by atoms with Gasteiger partial charge in [0.15, 0.2) is 0 Å². The molecule has 0 fully saturated rings. The molecule has 0 N–H and O–H groups in total. The van der Waals surface area contributed by atoms with Crippen molar-refractivity contribution in [3.8, 4) is 5.75 Å². The Morgan fingerprint density at radius 3 is 2.42 bits per heavy atom. The van der Waals surface area contributed by atoms with E-state index in [4.69, 9.17) is 27.9 Å². The second-order valence-electron chi connectivity index (χ2n) is 4.03. The molecule has 1 unspecified atom stereocenters. The van der Waals surface area contributed by atoms with E-state index < -0.39 is 0 Å². The van der Waals surface area contributed by atoms with Crippen molar-refractivity contribution in [3.63, 3.8) is 0 Å². The number of halogens is 3. The van der Waals surface area contributed by atoms with Crippen molar-refractivity contribution >= 4 is 39.1 Å². The number of rotatable bonds is 4. The molecule has 0 aliphatic rings. The van der Waals surface area contributed by atoms with Crippen LogP contribution in [0.15, 0.2) is 46.9 Å². The number of hydrogen-bond donors (Lipinski definition) is 0. The average molecular weight is 360 g/mol. The van der Waals surface area contributed by atoms with Gasteiger partial charge in [-0.25, -0.2) is 0 Å². The van der Waals surface area contributed by atoms with E-state index in [0.29, 0.717) is 11.6 Å². The van der Waals surface area contributed by atoms with Crippen molar-refractivity contribution in [1.29, 1.82) is 0 Å². The van der Waals surface area contributed by atoms with Gasteiger partial charge in [-0.3, -0.25) is 0 Å². The summed E-state index contributed by atoms with van der Waals surface area (Å²) in [5, 5.41) is 0.388. The van der Waals surface area contributed by atoms with Crippen LogP contribution in [0.3, 0.4) is 0 Å². The summed E-state index contributed by atoms with van der Waals surface area (Å²) in [4.78, 5) is 0. The van der Waals surface area contributed by atoms with E-state index in [9.17, 15) is 0 Å². The molecular formula is C15H13BrCl2O. The Hall–Kier alpha value is -0.700. The van der Waals surface area contributed by atoms with Gasteiger partial charge in [0.2, 0.25) is 0 Å². The Bertz CT molecular complexity index is 555. The van der Waals surface area contributed by atoms with E-state index in [2.05, 4.69) is 15.9 Å². The second-order valence-corrected chi connectivity index (χ2v) is 5.79. The highest BCUT2D eigenvalue weighted by molar-refractivity contribution is 9.10. The lowest BCUT2D eigenvalue weighted by Crippen LogP contribution is -1.96. The Morgan fingerprint density at radius 1 is 1.16 bits per heavy atom. The van der Waals surface area contributed by atoms with Gasteiger partial charge in [-0.15, -0.1) is 11.6 Å². The molecule has 0 bridgehead atoms. The van der Waals surface area contributed by atoms with Gasteiger partial charge in [0.05, 0.1) is 12.0 Å². The summed E-state index contributed by atoms with van der Waals surface area (Å²) in [5.74, 6) is 0.844. The van der Waals surface area contributed by atoms with Gasteiger partial charge in [0, 0.05) is 9.50 Å². The van der Waals surface area contributed by atoms with E-state index in [-0.39, 0.29) is 5.38 Å². The maximum absolute atomic E-state index is 6.48. The first-order chi connectivity index (χ1) is 9.11. The molecule has 100 valence electrons. The topological polar surface area (TPSA) is 9.23 Å². The molecule has 0 radical (unpaired) electrons. The van der Waals surface area contributed by atoms with Crippen molar-refractivity contribution in [3.05, 3.63) is 63.1 Å². The van der Waals surface area contributed by atoms with Crippen molar-refractivity contribution in [2.75, 3.05) is 6.61 Å². The molecule has 2 aromatic carbocycles. The minimum Gasteiger partial charge on any atom is -0.494 e. The molecule has 1 atom stereocenters. The van der Waals surface area contributed by atoms with Crippen LogP contribution >= 0.6 is 39.1 Å². The van der Waals surface area contributed by atoms with Crippen LogP contribution in [0.2, 0.25) is 5.02 Å². The van der Waals surface area contributed by atoms with Gasteiger partial charge in [0.1, 0.15) is 5.75 Å². The van der Waals surface area contributed by atoms with Crippen LogP contribution in [0.4, 0.5) is 0 Å². The summed E-state index contributed by atoms with van der Waals surface area (Å²) < 4.78 is 6.35. The third-order valence-corrected chi connectivity index (χ3v) is 4.03. The third-order valence-electron chi connectivity index (χ3n) is 2.72. The summed E-state index contributed by atoms with van der Waals surface area (Å²) in [6, 6.07) is 13.5. The van der Waals surface area contributed by atoms with Gasteiger partial charge in [0.25, 0.3) is 0 Å². The fourth-order valence-corrected chi connectivity index (χ4v) is 2.96. The maximum atomic E-state index is 6.48. The Morgan fingerprint density at radius 2 is 1.84 bits per heavy atom. The summed E-state index contributed by atoms with van der Waals surface area (Å²) in [6.07, 6.45) is 0. The van der Waals surface area contributed by atoms with Crippen molar-refractivity contribution in [2.45, 2.75) is 12.3 Å². The molecule has 0 aliphatic heterocycles. The fourth-order valence-electron chi connectivity index (χ4n) is 1.79. The minimum absolute atomic E-state index is 0.267. The van der Waals surface area contributed by atoms with E-state index in [0.717, 1.165) is 21.3 Å². The zero-order chi connectivity index (χ0) is 13.8. The van der Waals surface area contributed by atoms with Crippen LogP contribution in [0.25, 0.3) is 0 Å². The smallest absolute Gasteiger partial charge is 0.119 e. The van der Waals surface area contributed by atoms with Crippen LogP contribution in [-0.2, 0) is 0 Å². The quantitative estimate of drug-likeness (QED) is 0.624. The molecule has 4 heteroatoms. The van der Waals surface area contributed by atoms with E-state index >= 15 is 0 Å². The van der Waals surface area contributed by atoms with Crippen LogP contribution in [-0.4, -0.2) is 6.61 Å². The lowest BCUT2D eigenvalue weighted by molar-refractivity contribution is 0.340. The summed E-state index contributed by atoms with van der Waals surface area (Å²) >= 11 is 16.1. The molecule has 19 heavy (non-hydrogen) atoms. The van der Waals surface area contributed by atoms with Gasteiger partial charge in [-0.2, -0.15) is 0 Å². The first-order valence-corrected chi connectivity index (χ1v) is 7.54. The van der Waals surface area contributed by atoms with Crippen molar-refractivity contribution in [2.24, 2.45) is 0 Å². The van der Waals surface area contributed by atoms with Crippen LogP contribution in [0, 0.1) is 0 Å². The highest BCUT2D eigenvalue weighted by atomic mass is 79.9. The normalized spacial score (nSPS) is 12.2. The third kappa shape index (κ3) is 3.65. The Labute approximate surface area is 131 Å². The molecule has 0 amide bonds. The van der Waals surface area contributed by atoms with Crippen LogP contribution in [0.1, 0.15) is 23.4 Å². The minimum atomic E-state index is -0.267. The van der Waals surface area contributed by atoms with Crippen LogP contribution < -0.4 is 4.74 Å². The SMILES string of the molecule is CCOc1ccc(C(Cl)c2ccc(Br)cc2Cl)cc1. The number of ether oxygens (including phenoxy) is 1. The second kappa shape index (κ2) is 6.65. The zero-order valence-electron chi connectivity index (χ0n) is 10.4. The van der Waals surface area contributed by atoms with E-state index in [1.807, 2.05) is 49.4 Å². The monoisotopic (exact) mass is 358 g/mol. The predicted octanol–water partition coefficient (Wildman–Crippen LogP) is 5.83. The van der Waals surface area contributed by atoms with Gasteiger partial charge in [-0.05, 0) is 42.3 Å². The van der Waals surface area contributed by atoms with Gasteiger partial charge < -0.3 is 4.74 Å². The highest BCUT2D eigenvalue weighted by Crippen LogP contribution is 2.35. The Kier molecular flexibility index (Phi) is 5.14. The van der Waals surface area contributed by atoms with Crippen molar-refractivity contribution in [1.82, 2.24) is 0 Å². The first kappa shape index (κ1) is 14.7. The average Bonchev–Trinajstić information content (AvgIpc) is 2.39.